The molecule has 3 atom stereocenters. The molecule has 3 N–H and O–H groups in total. The summed E-state index contributed by atoms with van der Waals surface area (Å²) in [5.74, 6) is -0.202. The van der Waals surface area contributed by atoms with Gasteiger partial charge in [-0.3, -0.25) is 9.36 Å². The van der Waals surface area contributed by atoms with Crippen LogP contribution in [0.1, 0.15) is 12.6 Å². The monoisotopic (exact) mass is 325 g/mol. The fraction of sp³-hybridized carbons (Fsp3) is 0.500. The van der Waals surface area contributed by atoms with Gasteiger partial charge in [0.2, 0.25) is 0 Å². The first-order chi connectivity index (χ1) is 10.6. The molecule has 1 saturated heterocycles. The molecule has 0 amide bonds. The maximum atomic E-state index is 11.1. The number of aromatic nitrogens is 4. The van der Waals surface area contributed by atoms with Crippen molar-refractivity contribution in [3.63, 3.8) is 0 Å². The number of carbonyl (C=O) groups is 1. The number of nitrogen functional groups attached to an aromatic ring is 1. The second kappa shape index (κ2) is 6.07. The van der Waals surface area contributed by atoms with Crippen molar-refractivity contribution < 1.29 is 19.4 Å². The molecule has 3 heterocycles. The molecule has 0 unspecified atom stereocenters. The van der Waals surface area contributed by atoms with Gasteiger partial charge in [0.25, 0.3) is 0 Å². The van der Waals surface area contributed by atoms with Gasteiger partial charge < -0.3 is 20.3 Å². The van der Waals surface area contributed by atoms with E-state index >= 15 is 0 Å². The Hall–Kier alpha value is -1.91. The number of thiol groups is 1. The lowest BCUT2D eigenvalue weighted by Crippen LogP contribution is -2.28. The van der Waals surface area contributed by atoms with E-state index in [0.717, 1.165) is 0 Å². The molecule has 1 fully saturated rings. The van der Waals surface area contributed by atoms with Crippen LogP contribution in [0.2, 0.25) is 0 Å². The van der Waals surface area contributed by atoms with Gasteiger partial charge in [-0.25, -0.2) is 15.0 Å². The third kappa shape index (κ3) is 2.72. The Morgan fingerprint density at radius 1 is 1.55 bits per heavy atom. The Bertz CT molecular complexity index is 693. The quantitative estimate of drug-likeness (QED) is 0.509. The van der Waals surface area contributed by atoms with E-state index in [1.807, 2.05) is 0 Å². The molecule has 9 nitrogen and oxygen atoms in total. The number of aliphatic hydroxyl groups is 1. The first kappa shape index (κ1) is 15.0. The van der Waals surface area contributed by atoms with Crippen LogP contribution in [0.3, 0.4) is 0 Å². The maximum Gasteiger partial charge on any atom is 0.315 e. The van der Waals surface area contributed by atoms with Crippen LogP contribution in [0.4, 0.5) is 5.82 Å². The lowest BCUT2D eigenvalue weighted by Gasteiger charge is -2.15. The van der Waals surface area contributed by atoms with Crippen molar-refractivity contribution in [3.05, 3.63) is 12.7 Å². The van der Waals surface area contributed by atoms with Crippen molar-refractivity contribution in [2.75, 3.05) is 18.1 Å². The van der Waals surface area contributed by atoms with Gasteiger partial charge in [-0.15, -0.1) is 0 Å². The summed E-state index contributed by atoms with van der Waals surface area (Å²) < 4.78 is 12.4. The Morgan fingerprint density at radius 2 is 2.36 bits per heavy atom. The Morgan fingerprint density at radius 3 is 3.14 bits per heavy atom. The summed E-state index contributed by atoms with van der Waals surface area (Å²) in [6.07, 6.45) is 1.38. The summed E-state index contributed by atoms with van der Waals surface area (Å²) in [5.41, 5.74) is 6.74. The molecule has 0 radical (unpaired) electrons. The molecular weight excluding hydrogens is 310 g/mol. The molecule has 0 saturated carbocycles. The number of fused-ring (bicyclic) bond motifs is 1. The van der Waals surface area contributed by atoms with E-state index in [4.69, 9.17) is 15.2 Å². The molecule has 3 rings (SSSR count). The molecule has 0 aromatic carbocycles. The fourth-order valence-electron chi connectivity index (χ4n) is 2.34. The summed E-state index contributed by atoms with van der Waals surface area (Å²) >= 11 is 3.81. The summed E-state index contributed by atoms with van der Waals surface area (Å²) in [5, 5.41) is 10.0. The summed E-state index contributed by atoms with van der Waals surface area (Å²) in [4.78, 5) is 23.3. The van der Waals surface area contributed by atoms with E-state index in [-0.39, 0.29) is 18.2 Å². The lowest BCUT2D eigenvalue weighted by molar-refractivity contribution is -0.146. The molecule has 10 heteroatoms. The van der Waals surface area contributed by atoms with E-state index in [0.29, 0.717) is 17.6 Å². The van der Waals surface area contributed by atoms with Gasteiger partial charge in [0.1, 0.15) is 30.8 Å². The van der Waals surface area contributed by atoms with Crippen molar-refractivity contribution in [2.45, 2.75) is 24.9 Å². The van der Waals surface area contributed by atoms with Crippen LogP contribution in [0, 0.1) is 0 Å². The van der Waals surface area contributed by atoms with Crippen LogP contribution < -0.4 is 5.73 Å². The zero-order valence-corrected chi connectivity index (χ0v) is 12.4. The standard InChI is InChI=1S/C12H15N5O4S/c13-11-10-12(15-4-14-11)17(5-16-10)8-1-6(18)7(21-8)2-20-9(19)3-22/h4-8,18,22H,1-3H2,(H2,13,14,15)/t6-,7+,8+/m0/s1. The zero-order valence-electron chi connectivity index (χ0n) is 11.5. The Kier molecular flexibility index (Phi) is 4.14. The fourth-order valence-corrected chi connectivity index (χ4v) is 2.43. The number of hydrogen-bond acceptors (Lipinski definition) is 9. The van der Waals surface area contributed by atoms with E-state index in [2.05, 4.69) is 27.6 Å². The van der Waals surface area contributed by atoms with E-state index in [1.54, 1.807) is 4.57 Å². The third-order valence-electron chi connectivity index (χ3n) is 3.44. The number of ether oxygens (including phenoxy) is 2. The minimum Gasteiger partial charge on any atom is -0.462 e. The Labute approximate surface area is 130 Å². The average Bonchev–Trinajstić information content (AvgIpc) is 3.09. The highest BCUT2D eigenvalue weighted by atomic mass is 32.1. The number of esters is 1. The predicted molar refractivity (Wildman–Crippen MR) is 79.1 cm³/mol. The van der Waals surface area contributed by atoms with Gasteiger partial charge in [-0.1, -0.05) is 0 Å². The SMILES string of the molecule is Nc1ncnc2c1ncn2[C@H]1C[C@H](O)[C@@H](COC(=O)CS)O1. The van der Waals surface area contributed by atoms with Gasteiger partial charge in [0.05, 0.1) is 18.2 Å². The smallest absolute Gasteiger partial charge is 0.315 e. The summed E-state index contributed by atoms with van der Waals surface area (Å²) in [7, 11) is 0. The summed E-state index contributed by atoms with van der Waals surface area (Å²) in [6, 6.07) is 0. The molecule has 1 aliphatic rings. The number of anilines is 1. The van der Waals surface area contributed by atoms with Crippen LogP contribution in [0.25, 0.3) is 11.2 Å². The van der Waals surface area contributed by atoms with Crippen molar-refractivity contribution in [2.24, 2.45) is 0 Å². The highest BCUT2D eigenvalue weighted by molar-refractivity contribution is 7.81. The summed E-state index contributed by atoms with van der Waals surface area (Å²) in [6.45, 7) is -0.0270. The van der Waals surface area contributed by atoms with Gasteiger partial charge in [-0.2, -0.15) is 12.6 Å². The largest absolute Gasteiger partial charge is 0.462 e. The number of aliphatic hydroxyl groups excluding tert-OH is 1. The second-order valence-electron chi connectivity index (χ2n) is 4.86. The third-order valence-corrected chi connectivity index (χ3v) is 3.70. The molecule has 118 valence electrons. The minimum atomic E-state index is -0.755. The van der Waals surface area contributed by atoms with E-state index in [9.17, 15) is 9.90 Å². The van der Waals surface area contributed by atoms with Crippen LogP contribution >= 0.6 is 12.6 Å². The number of hydrogen-bond donors (Lipinski definition) is 3. The molecule has 2 aromatic rings. The highest BCUT2D eigenvalue weighted by Gasteiger charge is 2.36. The molecular formula is C12H15N5O4S. The molecule has 1 aliphatic heterocycles. The second-order valence-corrected chi connectivity index (χ2v) is 5.17. The number of nitrogens with two attached hydrogens (primary N) is 1. The first-order valence-electron chi connectivity index (χ1n) is 6.63. The van der Waals surface area contributed by atoms with Crippen molar-refractivity contribution >= 4 is 35.6 Å². The van der Waals surface area contributed by atoms with E-state index in [1.165, 1.54) is 12.7 Å². The van der Waals surface area contributed by atoms with E-state index < -0.39 is 24.4 Å². The average molecular weight is 325 g/mol. The van der Waals surface area contributed by atoms with Crippen LogP contribution in [0.5, 0.6) is 0 Å². The number of imidazole rings is 1. The van der Waals surface area contributed by atoms with Crippen LogP contribution in [-0.4, -0.2) is 55.2 Å². The highest BCUT2D eigenvalue weighted by Crippen LogP contribution is 2.31. The van der Waals surface area contributed by atoms with Gasteiger partial charge in [0, 0.05) is 6.42 Å². The van der Waals surface area contributed by atoms with Crippen molar-refractivity contribution in [1.82, 2.24) is 19.5 Å². The Balaban J connectivity index is 1.76. The molecule has 0 aliphatic carbocycles. The zero-order chi connectivity index (χ0) is 15.7. The first-order valence-corrected chi connectivity index (χ1v) is 7.26. The van der Waals surface area contributed by atoms with Gasteiger partial charge in [0.15, 0.2) is 11.5 Å². The van der Waals surface area contributed by atoms with Gasteiger partial charge in [-0.05, 0) is 0 Å². The number of rotatable bonds is 4. The normalized spacial score (nSPS) is 24.7. The molecule has 22 heavy (non-hydrogen) atoms. The molecule has 0 bridgehead atoms. The van der Waals surface area contributed by atoms with Crippen molar-refractivity contribution in [3.8, 4) is 0 Å². The predicted octanol–water partition coefficient (Wildman–Crippen LogP) is -0.470. The molecule has 0 spiro atoms. The van der Waals surface area contributed by atoms with Crippen LogP contribution in [0.15, 0.2) is 12.7 Å². The van der Waals surface area contributed by atoms with Crippen LogP contribution in [-0.2, 0) is 14.3 Å². The maximum absolute atomic E-state index is 11.1. The van der Waals surface area contributed by atoms with Crippen molar-refractivity contribution in [1.29, 1.82) is 0 Å². The minimum absolute atomic E-state index is 0.0192. The lowest BCUT2D eigenvalue weighted by atomic mass is 10.2. The van der Waals surface area contributed by atoms with Gasteiger partial charge >= 0.3 is 5.97 Å². The topological polar surface area (TPSA) is 125 Å². The number of nitrogens with zero attached hydrogens (tertiary/aromatic N) is 4. The molecule has 2 aromatic heterocycles. The number of carbonyl (C=O) groups excluding carboxylic acids is 1.